The Hall–Kier alpha value is -4.02. The van der Waals surface area contributed by atoms with Crippen molar-refractivity contribution < 1.29 is 9.84 Å². The molecule has 5 rings (SSSR count). The van der Waals surface area contributed by atoms with E-state index in [1.165, 1.54) is 16.5 Å². The van der Waals surface area contributed by atoms with Gasteiger partial charge in [0.1, 0.15) is 17.7 Å². The number of hydrogen-bond donors (Lipinski definition) is 2. The molecule has 1 atom stereocenters. The van der Waals surface area contributed by atoms with Gasteiger partial charge in [-0.2, -0.15) is 0 Å². The number of nitrogens with one attached hydrogen (secondary N) is 1. The molecule has 4 aromatic rings. The lowest BCUT2D eigenvalue weighted by Crippen LogP contribution is -2.38. The number of benzene rings is 3. The summed E-state index contributed by atoms with van der Waals surface area (Å²) in [5.41, 5.74) is 7.06. The number of aliphatic hydroxyl groups is 1. The van der Waals surface area contributed by atoms with E-state index in [2.05, 4.69) is 67.7 Å². The van der Waals surface area contributed by atoms with Crippen molar-refractivity contribution in [3.8, 4) is 5.75 Å². The van der Waals surface area contributed by atoms with Crippen LogP contribution < -0.4 is 4.74 Å². The number of H-pyrrole nitrogens is 1. The fourth-order valence-electron chi connectivity index (χ4n) is 4.60. The Kier molecular flexibility index (Phi) is 6.30. The summed E-state index contributed by atoms with van der Waals surface area (Å²) in [6.07, 6.45) is 4.59. The highest BCUT2D eigenvalue weighted by Crippen LogP contribution is 2.35. The molecule has 0 bridgehead atoms. The molecule has 0 amide bonds. The third kappa shape index (κ3) is 4.79. The SMILES string of the molecule is C=C1Oc2ccccc2C=C1C(=C)N(CCc1c[nH]c2ccccc12)C(O)Cc1ccc(C)cc1. The molecule has 0 radical (unpaired) electrons. The average Bonchev–Trinajstić information content (AvgIpc) is 3.28. The third-order valence-corrected chi connectivity index (χ3v) is 6.61. The topological polar surface area (TPSA) is 48.5 Å². The summed E-state index contributed by atoms with van der Waals surface area (Å²) in [5, 5.41) is 12.6. The first-order valence-electron chi connectivity index (χ1n) is 11.9. The van der Waals surface area contributed by atoms with Crippen molar-refractivity contribution in [2.24, 2.45) is 0 Å². The number of aryl methyl sites for hydroxylation is 1. The van der Waals surface area contributed by atoms with Gasteiger partial charge in [0.15, 0.2) is 0 Å². The molecule has 176 valence electrons. The zero-order chi connectivity index (χ0) is 24.4. The Morgan fingerprint density at radius 1 is 1.03 bits per heavy atom. The minimum Gasteiger partial charge on any atom is -0.457 e. The van der Waals surface area contributed by atoms with Crippen molar-refractivity contribution in [2.45, 2.75) is 26.0 Å². The second-order valence-corrected chi connectivity index (χ2v) is 9.04. The number of fused-ring (bicyclic) bond motifs is 2. The average molecular weight is 463 g/mol. The summed E-state index contributed by atoms with van der Waals surface area (Å²) in [6.45, 7) is 11.2. The number of nitrogens with zero attached hydrogens (tertiary/aromatic N) is 1. The van der Waals surface area contributed by atoms with Gasteiger partial charge in [-0.1, -0.05) is 79.4 Å². The number of aliphatic hydroxyl groups excluding tert-OH is 1. The minimum atomic E-state index is -0.749. The smallest absolute Gasteiger partial charge is 0.134 e. The monoisotopic (exact) mass is 462 g/mol. The number of hydrogen-bond acceptors (Lipinski definition) is 3. The molecule has 1 aliphatic heterocycles. The number of aromatic nitrogens is 1. The molecule has 35 heavy (non-hydrogen) atoms. The molecule has 0 spiro atoms. The molecule has 0 aliphatic carbocycles. The van der Waals surface area contributed by atoms with Crippen molar-refractivity contribution >= 4 is 17.0 Å². The van der Waals surface area contributed by atoms with Gasteiger partial charge >= 0.3 is 0 Å². The number of aromatic amines is 1. The van der Waals surface area contributed by atoms with Crippen LogP contribution in [-0.2, 0) is 12.8 Å². The Morgan fingerprint density at radius 3 is 2.60 bits per heavy atom. The quantitative estimate of drug-likeness (QED) is 0.299. The molecule has 0 saturated heterocycles. The second kappa shape index (κ2) is 9.69. The maximum absolute atomic E-state index is 11.4. The van der Waals surface area contributed by atoms with Gasteiger partial charge in [-0.3, -0.25) is 0 Å². The van der Waals surface area contributed by atoms with Crippen molar-refractivity contribution in [1.82, 2.24) is 9.88 Å². The van der Waals surface area contributed by atoms with Gasteiger partial charge in [0, 0.05) is 46.9 Å². The highest BCUT2D eigenvalue weighted by atomic mass is 16.5. The number of rotatable bonds is 8. The first kappa shape index (κ1) is 22.8. The lowest BCUT2D eigenvalue weighted by molar-refractivity contribution is 0.0316. The molecule has 4 heteroatoms. The first-order valence-corrected chi connectivity index (χ1v) is 11.9. The standard InChI is InChI=1S/C31H30N2O2/c1-21-12-14-24(15-13-21)18-31(34)33(17-16-26-20-32-29-10-6-5-9-27(26)29)22(2)28-19-25-8-4-7-11-30(25)35-23(28)3/h4-15,19-20,31-32,34H,2-3,16-18H2,1H3. The Morgan fingerprint density at radius 2 is 1.77 bits per heavy atom. The van der Waals surface area contributed by atoms with Crippen LogP contribution in [-0.4, -0.2) is 27.8 Å². The Bertz CT molecular complexity index is 1410. The highest BCUT2D eigenvalue weighted by molar-refractivity contribution is 5.83. The van der Waals surface area contributed by atoms with Crippen LogP contribution >= 0.6 is 0 Å². The summed E-state index contributed by atoms with van der Waals surface area (Å²) >= 11 is 0. The zero-order valence-electron chi connectivity index (χ0n) is 20.0. The van der Waals surface area contributed by atoms with Crippen LogP contribution in [0.3, 0.4) is 0 Å². The molecule has 2 N–H and O–H groups in total. The first-order chi connectivity index (χ1) is 17.0. The van der Waals surface area contributed by atoms with Gasteiger partial charge in [0.25, 0.3) is 0 Å². The largest absolute Gasteiger partial charge is 0.457 e. The van der Waals surface area contributed by atoms with E-state index in [-0.39, 0.29) is 0 Å². The second-order valence-electron chi connectivity index (χ2n) is 9.04. The molecule has 1 aliphatic rings. The molecule has 0 saturated carbocycles. The maximum atomic E-state index is 11.4. The zero-order valence-corrected chi connectivity index (χ0v) is 20.0. The fraction of sp³-hybridized carbons (Fsp3) is 0.161. The van der Waals surface area contributed by atoms with Gasteiger partial charge < -0.3 is 19.7 Å². The van der Waals surface area contributed by atoms with Crippen molar-refractivity contribution in [2.75, 3.05) is 6.54 Å². The molecule has 3 aromatic carbocycles. The maximum Gasteiger partial charge on any atom is 0.134 e. The van der Waals surface area contributed by atoms with Gasteiger partial charge in [-0.05, 0) is 42.7 Å². The van der Waals surface area contributed by atoms with E-state index in [9.17, 15) is 5.11 Å². The highest BCUT2D eigenvalue weighted by Gasteiger charge is 2.25. The van der Waals surface area contributed by atoms with Crippen molar-refractivity contribution in [3.05, 3.63) is 131 Å². The third-order valence-electron chi connectivity index (χ3n) is 6.61. The molecule has 4 nitrogen and oxygen atoms in total. The minimum absolute atomic E-state index is 0.490. The van der Waals surface area contributed by atoms with Gasteiger partial charge in [-0.25, -0.2) is 0 Å². The Balaban J connectivity index is 1.43. The van der Waals surface area contributed by atoms with E-state index < -0.39 is 6.23 Å². The molecule has 0 fully saturated rings. The summed E-state index contributed by atoms with van der Waals surface area (Å²) < 4.78 is 6.00. The fourth-order valence-corrected chi connectivity index (χ4v) is 4.60. The summed E-state index contributed by atoms with van der Waals surface area (Å²) in [4.78, 5) is 5.32. The van der Waals surface area contributed by atoms with Gasteiger partial charge in [0.2, 0.25) is 0 Å². The van der Waals surface area contributed by atoms with Crippen LogP contribution in [0.2, 0.25) is 0 Å². The van der Waals surface area contributed by atoms with Crippen LogP contribution in [0.15, 0.2) is 109 Å². The molecule has 1 aromatic heterocycles. The van der Waals surface area contributed by atoms with E-state index >= 15 is 0 Å². The Labute approximate surface area is 206 Å². The molecule has 1 unspecified atom stereocenters. The summed E-state index contributed by atoms with van der Waals surface area (Å²) in [7, 11) is 0. The van der Waals surface area contributed by atoms with E-state index in [0.717, 1.165) is 34.4 Å². The van der Waals surface area contributed by atoms with Crippen LogP contribution in [0, 0.1) is 6.92 Å². The van der Waals surface area contributed by atoms with Gasteiger partial charge in [0.05, 0.1) is 0 Å². The molecule has 2 heterocycles. The predicted molar refractivity (Wildman–Crippen MR) is 143 cm³/mol. The summed E-state index contributed by atoms with van der Waals surface area (Å²) in [6, 6.07) is 24.4. The van der Waals surface area contributed by atoms with Crippen LogP contribution in [0.5, 0.6) is 5.75 Å². The lowest BCUT2D eigenvalue weighted by Gasteiger charge is -2.34. The summed E-state index contributed by atoms with van der Waals surface area (Å²) in [5.74, 6) is 1.31. The van der Waals surface area contributed by atoms with Crippen LogP contribution in [0.25, 0.3) is 17.0 Å². The van der Waals surface area contributed by atoms with Crippen LogP contribution in [0.4, 0.5) is 0 Å². The van der Waals surface area contributed by atoms with Crippen molar-refractivity contribution in [1.29, 1.82) is 0 Å². The van der Waals surface area contributed by atoms with E-state index in [4.69, 9.17) is 4.74 Å². The van der Waals surface area contributed by atoms with E-state index in [1.807, 2.05) is 47.4 Å². The van der Waals surface area contributed by atoms with Crippen molar-refractivity contribution in [3.63, 3.8) is 0 Å². The molecular weight excluding hydrogens is 432 g/mol. The van der Waals surface area contributed by atoms with E-state index in [0.29, 0.717) is 24.4 Å². The molecular formula is C31H30N2O2. The normalized spacial score (nSPS) is 13.7. The van der Waals surface area contributed by atoms with Crippen LogP contribution in [0.1, 0.15) is 22.3 Å². The lowest BCUT2D eigenvalue weighted by atomic mass is 10.0. The predicted octanol–water partition coefficient (Wildman–Crippen LogP) is 6.39. The van der Waals surface area contributed by atoms with Gasteiger partial charge in [-0.15, -0.1) is 0 Å². The number of ether oxygens (including phenoxy) is 1. The number of para-hydroxylation sites is 2. The van der Waals surface area contributed by atoms with E-state index in [1.54, 1.807) is 0 Å².